The van der Waals surface area contributed by atoms with Gasteiger partial charge in [0.05, 0.1) is 17.5 Å². The van der Waals surface area contributed by atoms with E-state index in [0.29, 0.717) is 24.9 Å². The molecule has 3 heterocycles. The molecular weight excluding hydrogens is 340 g/mol. The van der Waals surface area contributed by atoms with Gasteiger partial charge in [-0.15, -0.1) is 0 Å². The fourth-order valence-electron chi connectivity index (χ4n) is 3.91. The first-order valence-electron chi connectivity index (χ1n) is 9.63. The molecular formula is C20H28N6O. The van der Waals surface area contributed by atoms with Crippen molar-refractivity contribution in [2.45, 2.75) is 52.1 Å². The van der Waals surface area contributed by atoms with Crippen molar-refractivity contribution in [3.8, 4) is 6.07 Å². The van der Waals surface area contributed by atoms with Gasteiger partial charge in [0.1, 0.15) is 17.8 Å². The van der Waals surface area contributed by atoms with Crippen molar-refractivity contribution in [2.24, 2.45) is 5.92 Å². The van der Waals surface area contributed by atoms with Crippen LogP contribution < -0.4 is 4.90 Å². The maximum atomic E-state index is 12.4. The van der Waals surface area contributed by atoms with Crippen LogP contribution in [0.2, 0.25) is 0 Å². The molecule has 1 aliphatic heterocycles. The Labute approximate surface area is 160 Å². The molecule has 0 aliphatic carbocycles. The van der Waals surface area contributed by atoms with Gasteiger partial charge in [0.25, 0.3) is 0 Å². The topological polar surface area (TPSA) is 78.0 Å². The lowest BCUT2D eigenvalue weighted by molar-refractivity contribution is -0.132. The molecule has 0 unspecified atom stereocenters. The summed E-state index contributed by atoms with van der Waals surface area (Å²) >= 11 is 0. The third kappa shape index (κ3) is 3.75. The van der Waals surface area contributed by atoms with E-state index in [-0.39, 0.29) is 18.4 Å². The molecule has 1 aliphatic rings. The molecule has 0 aromatic carbocycles. The lowest BCUT2D eigenvalue weighted by atomic mass is 9.92. The van der Waals surface area contributed by atoms with Gasteiger partial charge in [-0.25, -0.2) is 9.97 Å². The SMILES string of the molecule is CC(C)n1ccc2c(N(C)[C@H]3CN(C(=O)CCC#N)CC[C@H]3C)ncnc21. The summed E-state index contributed by atoms with van der Waals surface area (Å²) in [5.74, 6) is 1.43. The molecule has 0 spiro atoms. The number of likely N-dealkylation sites (N-methyl/N-ethyl adjacent to an activating group) is 1. The van der Waals surface area contributed by atoms with E-state index in [9.17, 15) is 4.79 Å². The zero-order valence-electron chi connectivity index (χ0n) is 16.6. The average Bonchev–Trinajstić information content (AvgIpc) is 3.10. The van der Waals surface area contributed by atoms with Crippen LogP contribution in [0.25, 0.3) is 11.0 Å². The lowest BCUT2D eigenvalue weighted by Crippen LogP contribution is -2.52. The van der Waals surface area contributed by atoms with Gasteiger partial charge in [0.15, 0.2) is 0 Å². The number of carbonyl (C=O) groups excluding carboxylic acids is 1. The maximum absolute atomic E-state index is 12.4. The Morgan fingerprint density at radius 3 is 2.93 bits per heavy atom. The summed E-state index contributed by atoms with van der Waals surface area (Å²) in [5, 5.41) is 9.78. The van der Waals surface area contributed by atoms with Gasteiger partial charge >= 0.3 is 0 Å². The molecule has 144 valence electrons. The van der Waals surface area contributed by atoms with Crippen molar-refractivity contribution in [2.75, 3.05) is 25.0 Å². The number of nitrogens with zero attached hydrogens (tertiary/aromatic N) is 6. The lowest BCUT2D eigenvalue weighted by Gasteiger charge is -2.42. The Morgan fingerprint density at radius 2 is 2.22 bits per heavy atom. The molecule has 2 aromatic heterocycles. The molecule has 27 heavy (non-hydrogen) atoms. The molecule has 0 saturated carbocycles. The van der Waals surface area contributed by atoms with E-state index in [1.54, 1.807) is 6.33 Å². The van der Waals surface area contributed by atoms with Gasteiger partial charge in [0, 0.05) is 45.2 Å². The van der Waals surface area contributed by atoms with E-state index in [1.807, 2.05) is 4.90 Å². The zero-order chi connectivity index (χ0) is 19.6. The van der Waals surface area contributed by atoms with Crippen LogP contribution in [0, 0.1) is 17.2 Å². The van der Waals surface area contributed by atoms with Crippen molar-refractivity contribution >= 4 is 22.8 Å². The molecule has 2 atom stereocenters. The van der Waals surface area contributed by atoms with E-state index < -0.39 is 0 Å². The Bertz CT molecular complexity index is 852. The van der Waals surface area contributed by atoms with Crippen LogP contribution in [-0.4, -0.2) is 51.5 Å². The van der Waals surface area contributed by atoms with Gasteiger partial charge < -0.3 is 14.4 Å². The molecule has 1 amide bonds. The molecule has 1 fully saturated rings. The number of likely N-dealkylation sites (tertiary alicyclic amines) is 1. The summed E-state index contributed by atoms with van der Waals surface area (Å²) in [7, 11) is 2.05. The van der Waals surface area contributed by atoms with Crippen LogP contribution in [0.4, 0.5) is 5.82 Å². The maximum Gasteiger partial charge on any atom is 0.223 e. The smallest absolute Gasteiger partial charge is 0.223 e. The Kier molecular flexibility index (Phi) is 5.64. The summed E-state index contributed by atoms with van der Waals surface area (Å²) in [6.07, 6.45) is 5.21. The highest BCUT2D eigenvalue weighted by atomic mass is 16.2. The summed E-state index contributed by atoms with van der Waals surface area (Å²) in [5.41, 5.74) is 0.937. The minimum absolute atomic E-state index is 0.0700. The van der Waals surface area contributed by atoms with Gasteiger partial charge in [0.2, 0.25) is 5.91 Å². The van der Waals surface area contributed by atoms with Gasteiger partial charge in [-0.1, -0.05) is 6.92 Å². The van der Waals surface area contributed by atoms with Crippen LogP contribution in [0.5, 0.6) is 0 Å². The largest absolute Gasteiger partial charge is 0.354 e. The normalized spacial score (nSPS) is 20.1. The fraction of sp³-hybridized carbons (Fsp3) is 0.600. The summed E-state index contributed by atoms with van der Waals surface area (Å²) in [4.78, 5) is 25.5. The van der Waals surface area contributed by atoms with Gasteiger partial charge in [-0.2, -0.15) is 5.26 Å². The number of aromatic nitrogens is 3. The molecule has 3 rings (SSSR count). The average molecular weight is 368 g/mol. The van der Waals surface area contributed by atoms with Crippen LogP contribution in [-0.2, 0) is 4.79 Å². The Morgan fingerprint density at radius 1 is 1.44 bits per heavy atom. The number of rotatable bonds is 5. The second-order valence-electron chi connectivity index (χ2n) is 7.69. The summed E-state index contributed by atoms with van der Waals surface area (Å²) in [6, 6.07) is 4.65. The van der Waals surface area contributed by atoms with E-state index in [2.05, 4.69) is 65.6 Å². The molecule has 2 aromatic rings. The molecule has 0 radical (unpaired) electrons. The van der Waals surface area contributed by atoms with Crippen LogP contribution in [0.1, 0.15) is 46.1 Å². The number of anilines is 1. The minimum Gasteiger partial charge on any atom is -0.354 e. The number of amides is 1. The number of carbonyl (C=O) groups is 1. The summed E-state index contributed by atoms with van der Waals surface area (Å²) in [6.45, 7) is 7.94. The number of fused-ring (bicyclic) bond motifs is 1. The second kappa shape index (κ2) is 7.95. The molecule has 0 bridgehead atoms. The van der Waals surface area contributed by atoms with E-state index in [4.69, 9.17) is 5.26 Å². The third-order valence-corrected chi connectivity index (χ3v) is 5.60. The molecule has 7 nitrogen and oxygen atoms in total. The first-order valence-corrected chi connectivity index (χ1v) is 9.63. The first kappa shape index (κ1) is 19.2. The van der Waals surface area contributed by atoms with Crippen LogP contribution in [0.15, 0.2) is 18.6 Å². The predicted octanol–water partition coefficient (Wildman–Crippen LogP) is 2.99. The van der Waals surface area contributed by atoms with Crippen molar-refractivity contribution < 1.29 is 4.79 Å². The molecule has 7 heteroatoms. The highest BCUT2D eigenvalue weighted by Crippen LogP contribution is 2.30. The number of hydrogen-bond donors (Lipinski definition) is 0. The number of nitriles is 1. The molecule has 0 N–H and O–H groups in total. The van der Waals surface area contributed by atoms with Crippen LogP contribution >= 0.6 is 0 Å². The highest BCUT2D eigenvalue weighted by Gasteiger charge is 2.32. The second-order valence-corrected chi connectivity index (χ2v) is 7.69. The molecule has 1 saturated heterocycles. The standard InChI is InChI=1S/C20H28N6O/c1-14(2)26-11-8-16-19(22-13-23-20(16)26)24(4)17-12-25(10-7-15(17)3)18(27)6-5-9-21/h8,11,13-15,17H,5-7,10,12H2,1-4H3/t15-,17+/m1/s1. The Hall–Kier alpha value is -2.62. The third-order valence-electron chi connectivity index (χ3n) is 5.60. The first-order chi connectivity index (χ1) is 12.9. The number of piperidine rings is 1. The zero-order valence-corrected chi connectivity index (χ0v) is 16.6. The van der Waals surface area contributed by atoms with E-state index in [0.717, 1.165) is 29.8 Å². The number of hydrogen-bond acceptors (Lipinski definition) is 5. The predicted molar refractivity (Wildman–Crippen MR) is 105 cm³/mol. The van der Waals surface area contributed by atoms with Crippen molar-refractivity contribution in [3.63, 3.8) is 0 Å². The summed E-state index contributed by atoms with van der Waals surface area (Å²) < 4.78 is 2.15. The minimum atomic E-state index is 0.0700. The highest BCUT2D eigenvalue weighted by molar-refractivity contribution is 5.88. The van der Waals surface area contributed by atoms with Gasteiger partial charge in [-0.3, -0.25) is 4.79 Å². The fourth-order valence-corrected chi connectivity index (χ4v) is 3.91. The van der Waals surface area contributed by atoms with Gasteiger partial charge in [-0.05, 0) is 32.3 Å². The van der Waals surface area contributed by atoms with E-state index in [1.165, 1.54) is 0 Å². The van der Waals surface area contributed by atoms with Crippen molar-refractivity contribution in [1.82, 2.24) is 19.4 Å². The van der Waals surface area contributed by atoms with E-state index >= 15 is 0 Å². The van der Waals surface area contributed by atoms with Crippen molar-refractivity contribution in [1.29, 1.82) is 5.26 Å². The van der Waals surface area contributed by atoms with Crippen molar-refractivity contribution in [3.05, 3.63) is 18.6 Å². The Balaban J connectivity index is 1.86. The van der Waals surface area contributed by atoms with Crippen LogP contribution in [0.3, 0.4) is 0 Å². The quantitative estimate of drug-likeness (QED) is 0.811. The monoisotopic (exact) mass is 368 g/mol.